The zero-order valence-electron chi connectivity index (χ0n) is 53.2. The van der Waals surface area contributed by atoms with Crippen LogP contribution in [0.15, 0.2) is 48.6 Å². The van der Waals surface area contributed by atoms with Crippen LogP contribution in [0.2, 0.25) is 0 Å². The molecule has 6 heteroatoms. The average Bonchev–Trinajstić information content (AvgIpc) is 3.45. The van der Waals surface area contributed by atoms with Gasteiger partial charge in [-0.3, -0.25) is 14.4 Å². The lowest BCUT2D eigenvalue weighted by atomic mass is 10.0. The Morgan fingerprint density at radius 2 is 0.456 bits per heavy atom. The average molecular weight is 1110 g/mol. The van der Waals surface area contributed by atoms with E-state index >= 15 is 0 Å². The van der Waals surface area contributed by atoms with Gasteiger partial charge in [0, 0.05) is 19.3 Å². The van der Waals surface area contributed by atoms with Crippen LogP contribution >= 0.6 is 0 Å². The summed E-state index contributed by atoms with van der Waals surface area (Å²) in [6.07, 6.45) is 86.3. The van der Waals surface area contributed by atoms with Crippen LogP contribution in [0, 0.1) is 0 Å². The monoisotopic (exact) mass is 1110 g/mol. The first kappa shape index (κ1) is 76.4. The van der Waals surface area contributed by atoms with E-state index < -0.39 is 6.10 Å². The Bertz CT molecular complexity index is 1360. The molecular formula is C73H134O6. The summed E-state index contributed by atoms with van der Waals surface area (Å²) in [5.74, 6) is -0.862. The highest BCUT2D eigenvalue weighted by molar-refractivity contribution is 5.71. The second kappa shape index (κ2) is 67.9. The molecule has 0 aliphatic carbocycles. The van der Waals surface area contributed by atoms with Gasteiger partial charge in [0.1, 0.15) is 13.2 Å². The fraction of sp³-hybridized carbons (Fsp3) is 0.849. The summed E-state index contributed by atoms with van der Waals surface area (Å²) in [4.78, 5) is 38.0. The standard InChI is InChI=1S/C73H134O6/c1-4-7-10-13-15-17-19-21-23-25-27-29-31-33-34-35-36-37-38-40-41-43-45-47-49-51-53-55-57-60-63-66-72(75)78-69-70(68-77-71(74)65-62-59-12-9-6-3)79-73(76)67-64-61-58-56-54-52-50-48-46-44-42-39-32-30-28-26-24-22-20-18-16-14-11-8-5-2/h19-22,25-28,70H,4-18,23-24,29-69H2,1-3H3/b21-19-,22-20-,27-25-,28-26-. The molecule has 0 N–H and O–H groups in total. The highest BCUT2D eigenvalue weighted by Gasteiger charge is 2.19. The first-order valence-electron chi connectivity index (χ1n) is 35.1. The number of carbonyl (C=O) groups excluding carboxylic acids is 3. The van der Waals surface area contributed by atoms with Gasteiger partial charge in [-0.05, 0) is 83.5 Å². The molecule has 0 amide bonds. The molecule has 0 saturated heterocycles. The van der Waals surface area contributed by atoms with Gasteiger partial charge in [0.15, 0.2) is 6.10 Å². The SMILES string of the molecule is CCCCCCC/C=C\C/C=C\CCCCCCCCCCCCCCCCCCCCCC(=O)OCC(COC(=O)CCCCCCC)OC(=O)CCCCCCCCCCCCCCC/C=C\C/C=C\CCCCCCC. The highest BCUT2D eigenvalue weighted by atomic mass is 16.6. The molecule has 0 radical (unpaired) electrons. The molecule has 0 rings (SSSR count). The van der Waals surface area contributed by atoms with E-state index in [-0.39, 0.29) is 31.1 Å². The number of hydrogen-bond donors (Lipinski definition) is 0. The van der Waals surface area contributed by atoms with Crippen molar-refractivity contribution in [3.63, 3.8) is 0 Å². The maximum atomic E-state index is 12.9. The van der Waals surface area contributed by atoms with Crippen molar-refractivity contribution in [2.45, 2.75) is 386 Å². The molecule has 0 aromatic carbocycles. The van der Waals surface area contributed by atoms with E-state index in [1.807, 2.05) is 0 Å². The van der Waals surface area contributed by atoms with Crippen molar-refractivity contribution in [3.05, 3.63) is 48.6 Å². The predicted molar refractivity (Wildman–Crippen MR) is 344 cm³/mol. The lowest BCUT2D eigenvalue weighted by molar-refractivity contribution is -0.167. The molecule has 0 aliphatic heterocycles. The molecule has 1 unspecified atom stereocenters. The van der Waals surface area contributed by atoms with Gasteiger partial charge in [0.2, 0.25) is 0 Å². The Kier molecular flexibility index (Phi) is 65.6. The first-order chi connectivity index (χ1) is 39.0. The summed E-state index contributed by atoms with van der Waals surface area (Å²) in [6.45, 7) is 6.59. The van der Waals surface area contributed by atoms with E-state index in [2.05, 4.69) is 69.4 Å². The van der Waals surface area contributed by atoms with Gasteiger partial charge in [-0.1, -0.05) is 326 Å². The maximum Gasteiger partial charge on any atom is 0.306 e. The van der Waals surface area contributed by atoms with Crippen molar-refractivity contribution in [2.75, 3.05) is 13.2 Å². The van der Waals surface area contributed by atoms with E-state index in [9.17, 15) is 14.4 Å². The Balaban J connectivity index is 3.93. The minimum Gasteiger partial charge on any atom is -0.462 e. The lowest BCUT2D eigenvalue weighted by Crippen LogP contribution is -2.30. The molecule has 0 aromatic heterocycles. The van der Waals surface area contributed by atoms with Crippen molar-refractivity contribution in [3.8, 4) is 0 Å². The van der Waals surface area contributed by atoms with Gasteiger partial charge in [-0.25, -0.2) is 0 Å². The van der Waals surface area contributed by atoms with Gasteiger partial charge >= 0.3 is 17.9 Å². The summed E-state index contributed by atoms with van der Waals surface area (Å²) < 4.78 is 16.8. The fourth-order valence-electron chi connectivity index (χ4n) is 10.5. The van der Waals surface area contributed by atoms with Crippen molar-refractivity contribution < 1.29 is 28.6 Å². The molecule has 0 saturated carbocycles. The van der Waals surface area contributed by atoms with Crippen molar-refractivity contribution in [1.82, 2.24) is 0 Å². The fourth-order valence-corrected chi connectivity index (χ4v) is 10.5. The normalized spacial score (nSPS) is 12.3. The Morgan fingerprint density at radius 3 is 0.696 bits per heavy atom. The molecule has 462 valence electrons. The van der Waals surface area contributed by atoms with Crippen LogP contribution in [-0.4, -0.2) is 37.2 Å². The summed E-state index contributed by atoms with van der Waals surface area (Å²) in [7, 11) is 0. The number of hydrogen-bond acceptors (Lipinski definition) is 6. The van der Waals surface area contributed by atoms with E-state index in [1.165, 1.54) is 263 Å². The molecule has 0 aromatic rings. The third kappa shape index (κ3) is 66.1. The van der Waals surface area contributed by atoms with E-state index in [4.69, 9.17) is 14.2 Å². The van der Waals surface area contributed by atoms with Crippen LogP contribution in [0.25, 0.3) is 0 Å². The second-order valence-electron chi connectivity index (χ2n) is 23.8. The zero-order chi connectivity index (χ0) is 57.1. The number of allylic oxidation sites excluding steroid dienone is 8. The second-order valence-corrected chi connectivity index (χ2v) is 23.8. The van der Waals surface area contributed by atoms with Crippen LogP contribution in [0.1, 0.15) is 380 Å². The van der Waals surface area contributed by atoms with Crippen LogP contribution in [0.5, 0.6) is 0 Å². The van der Waals surface area contributed by atoms with Crippen molar-refractivity contribution in [2.24, 2.45) is 0 Å². The van der Waals surface area contributed by atoms with E-state index in [0.29, 0.717) is 19.3 Å². The number of esters is 3. The summed E-state index contributed by atoms with van der Waals surface area (Å²) in [5.41, 5.74) is 0. The van der Waals surface area contributed by atoms with E-state index in [1.54, 1.807) is 0 Å². The summed E-state index contributed by atoms with van der Waals surface area (Å²) in [6, 6.07) is 0. The van der Waals surface area contributed by atoms with Crippen molar-refractivity contribution in [1.29, 1.82) is 0 Å². The summed E-state index contributed by atoms with van der Waals surface area (Å²) in [5, 5.41) is 0. The molecule has 0 spiro atoms. The Labute approximate surface area is 492 Å². The van der Waals surface area contributed by atoms with Gasteiger partial charge in [-0.15, -0.1) is 0 Å². The van der Waals surface area contributed by atoms with Crippen LogP contribution in [0.3, 0.4) is 0 Å². The number of rotatable bonds is 65. The molecule has 0 aliphatic rings. The smallest absolute Gasteiger partial charge is 0.306 e. The largest absolute Gasteiger partial charge is 0.462 e. The first-order valence-corrected chi connectivity index (χ1v) is 35.1. The predicted octanol–water partition coefficient (Wildman–Crippen LogP) is 24.1. The maximum absolute atomic E-state index is 12.9. The van der Waals surface area contributed by atoms with Crippen molar-refractivity contribution >= 4 is 17.9 Å². The number of ether oxygens (including phenoxy) is 3. The Hall–Kier alpha value is -2.63. The summed E-state index contributed by atoms with van der Waals surface area (Å²) >= 11 is 0. The molecule has 6 nitrogen and oxygen atoms in total. The lowest BCUT2D eigenvalue weighted by Gasteiger charge is -2.18. The highest BCUT2D eigenvalue weighted by Crippen LogP contribution is 2.18. The van der Waals surface area contributed by atoms with E-state index in [0.717, 1.165) is 77.0 Å². The molecule has 0 bridgehead atoms. The minimum atomic E-state index is -0.768. The third-order valence-electron chi connectivity index (χ3n) is 15.8. The van der Waals surface area contributed by atoms with Gasteiger partial charge in [0.25, 0.3) is 0 Å². The van der Waals surface area contributed by atoms with Crippen LogP contribution < -0.4 is 0 Å². The third-order valence-corrected chi connectivity index (χ3v) is 15.8. The minimum absolute atomic E-state index is 0.0690. The molecule has 79 heavy (non-hydrogen) atoms. The van der Waals surface area contributed by atoms with Gasteiger partial charge in [-0.2, -0.15) is 0 Å². The van der Waals surface area contributed by atoms with Gasteiger partial charge < -0.3 is 14.2 Å². The van der Waals surface area contributed by atoms with Gasteiger partial charge in [0.05, 0.1) is 0 Å². The zero-order valence-corrected chi connectivity index (χ0v) is 53.2. The van der Waals surface area contributed by atoms with Crippen LogP contribution in [-0.2, 0) is 28.6 Å². The molecule has 1 atom stereocenters. The number of carbonyl (C=O) groups is 3. The quantitative estimate of drug-likeness (QED) is 0.0261. The number of unbranched alkanes of at least 4 members (excludes halogenated alkanes) is 46. The van der Waals surface area contributed by atoms with Crippen LogP contribution in [0.4, 0.5) is 0 Å². The molecular weight excluding hydrogens is 973 g/mol. The molecule has 0 fully saturated rings. The molecule has 0 heterocycles. The Morgan fingerprint density at radius 1 is 0.253 bits per heavy atom. The topological polar surface area (TPSA) is 78.9 Å².